The topological polar surface area (TPSA) is 23.8 Å². The molecule has 0 saturated carbocycles. The van der Waals surface area contributed by atoms with E-state index in [0.717, 1.165) is 10.5 Å². The molecule has 4 heteroatoms. The summed E-state index contributed by atoms with van der Waals surface area (Å²) in [6.07, 6.45) is 0. The number of rotatable bonds is 3. The Hall–Kier alpha value is -1.54. The number of nitrogens with zero attached hydrogens (tertiary/aromatic N) is 1. The van der Waals surface area contributed by atoms with Crippen LogP contribution in [0.15, 0.2) is 47.4 Å². The predicted octanol–water partition coefficient (Wildman–Crippen LogP) is 6.33. The second-order valence-corrected chi connectivity index (χ2v) is 7.95. The summed E-state index contributed by atoms with van der Waals surface area (Å²) < 4.78 is 0. The molecule has 0 fully saturated rings. The van der Waals surface area contributed by atoms with Crippen molar-refractivity contribution in [2.75, 3.05) is 0 Å². The molecule has 0 amide bonds. The van der Waals surface area contributed by atoms with Crippen molar-refractivity contribution in [1.82, 2.24) is 0 Å². The molecule has 2 aromatic heterocycles. The highest BCUT2D eigenvalue weighted by molar-refractivity contribution is 8.03. The molecule has 0 N–H and O–H groups in total. The molecule has 0 radical (unpaired) electrons. The van der Waals surface area contributed by atoms with Crippen LogP contribution in [0.4, 0.5) is 0 Å². The van der Waals surface area contributed by atoms with Crippen LogP contribution >= 0.6 is 34.4 Å². The zero-order valence-electron chi connectivity index (χ0n) is 11.7. The van der Waals surface area contributed by atoms with Gasteiger partial charge >= 0.3 is 0 Å². The van der Waals surface area contributed by atoms with Gasteiger partial charge in [-0.15, -0.1) is 22.7 Å². The molecule has 0 spiro atoms. The summed E-state index contributed by atoms with van der Waals surface area (Å²) in [5, 5.41) is 10.9. The maximum absolute atomic E-state index is 8.78. The van der Waals surface area contributed by atoms with Gasteiger partial charge in [0.1, 0.15) is 5.40 Å². The van der Waals surface area contributed by atoms with Crippen molar-refractivity contribution >= 4 is 34.4 Å². The lowest BCUT2D eigenvalue weighted by Gasteiger charge is -2.03. The number of aryl methyl sites for hydroxylation is 2. The summed E-state index contributed by atoms with van der Waals surface area (Å²) in [6.45, 7) is 4.19. The molecule has 0 aliphatic rings. The van der Waals surface area contributed by atoms with Gasteiger partial charge in [-0.05, 0) is 73.1 Å². The Kier molecular flexibility index (Phi) is 4.16. The average molecular weight is 327 g/mol. The number of benzene rings is 1. The lowest BCUT2D eigenvalue weighted by Crippen LogP contribution is -1.80. The van der Waals surface area contributed by atoms with Crippen molar-refractivity contribution in [3.63, 3.8) is 0 Å². The molecule has 0 atom stereocenters. The van der Waals surface area contributed by atoms with E-state index in [2.05, 4.69) is 55.6 Å². The molecule has 0 bridgehead atoms. The second-order valence-electron chi connectivity index (χ2n) is 4.75. The monoisotopic (exact) mass is 327 g/mol. The van der Waals surface area contributed by atoms with Crippen LogP contribution in [0.1, 0.15) is 10.4 Å². The fourth-order valence-electron chi connectivity index (χ4n) is 2.16. The summed E-state index contributed by atoms with van der Waals surface area (Å²) in [4.78, 5) is 6.29. The van der Waals surface area contributed by atoms with E-state index in [0.29, 0.717) is 0 Å². The highest BCUT2D eigenvalue weighted by Crippen LogP contribution is 2.38. The van der Waals surface area contributed by atoms with E-state index in [1.165, 1.54) is 36.8 Å². The first-order valence-electron chi connectivity index (χ1n) is 6.51. The van der Waals surface area contributed by atoms with Crippen molar-refractivity contribution in [2.24, 2.45) is 0 Å². The molecular weight excluding hydrogens is 314 g/mol. The lowest BCUT2D eigenvalue weighted by atomic mass is 10.1. The van der Waals surface area contributed by atoms with Crippen LogP contribution in [-0.4, -0.2) is 0 Å². The third kappa shape index (κ3) is 3.06. The van der Waals surface area contributed by atoms with Gasteiger partial charge in [-0.2, -0.15) is 5.26 Å². The maximum atomic E-state index is 8.78. The quantitative estimate of drug-likeness (QED) is 0.414. The van der Waals surface area contributed by atoms with Crippen LogP contribution in [0, 0.1) is 24.5 Å². The molecule has 0 aliphatic heterocycles. The van der Waals surface area contributed by atoms with E-state index in [9.17, 15) is 0 Å². The van der Waals surface area contributed by atoms with Gasteiger partial charge in [-0.25, -0.2) is 0 Å². The summed E-state index contributed by atoms with van der Waals surface area (Å²) in [5.41, 5.74) is 2.38. The minimum atomic E-state index is 1.03. The minimum absolute atomic E-state index is 1.03. The van der Waals surface area contributed by atoms with Gasteiger partial charge in [-0.1, -0.05) is 6.07 Å². The van der Waals surface area contributed by atoms with Crippen LogP contribution in [0.5, 0.6) is 0 Å². The molecule has 0 saturated heterocycles. The Morgan fingerprint density at radius 2 is 1.62 bits per heavy atom. The predicted molar refractivity (Wildman–Crippen MR) is 94.0 cm³/mol. The van der Waals surface area contributed by atoms with Crippen LogP contribution in [-0.2, 0) is 0 Å². The molecule has 1 aromatic carbocycles. The number of hydrogen-bond donors (Lipinski definition) is 0. The van der Waals surface area contributed by atoms with Gasteiger partial charge in [0.2, 0.25) is 0 Å². The molecule has 104 valence electrons. The highest BCUT2D eigenvalue weighted by Gasteiger charge is 2.08. The van der Waals surface area contributed by atoms with E-state index < -0.39 is 0 Å². The van der Waals surface area contributed by atoms with Crippen LogP contribution in [0.3, 0.4) is 0 Å². The number of thioether (sulfide) groups is 1. The number of thiophene rings is 2. The van der Waals surface area contributed by atoms with Crippen molar-refractivity contribution < 1.29 is 0 Å². The van der Waals surface area contributed by atoms with Crippen molar-refractivity contribution in [3.05, 3.63) is 52.9 Å². The van der Waals surface area contributed by atoms with Gasteiger partial charge in [0.25, 0.3) is 0 Å². The number of hydrogen-bond acceptors (Lipinski definition) is 4. The van der Waals surface area contributed by atoms with Crippen molar-refractivity contribution in [2.45, 2.75) is 18.7 Å². The molecule has 0 unspecified atom stereocenters. The Bertz CT molecular complexity index is 821. The van der Waals surface area contributed by atoms with Crippen molar-refractivity contribution in [1.29, 1.82) is 5.26 Å². The third-order valence-corrected chi connectivity index (χ3v) is 6.30. The summed E-state index contributed by atoms with van der Waals surface area (Å²) in [6, 6.07) is 15.0. The zero-order valence-corrected chi connectivity index (χ0v) is 14.2. The summed E-state index contributed by atoms with van der Waals surface area (Å²) in [5.74, 6) is 0. The summed E-state index contributed by atoms with van der Waals surface area (Å²) >= 11 is 4.87. The Morgan fingerprint density at radius 1 is 0.905 bits per heavy atom. The molecule has 2 heterocycles. The normalized spacial score (nSPS) is 10.5. The highest BCUT2D eigenvalue weighted by atomic mass is 32.2. The standard InChI is InChI=1S/C17H13NS3/c1-11-9-13(4-6-14(11)19-10-18)15-7-8-17(21-15)16-5-3-12(2)20-16/h3-9H,1-2H3. The number of nitriles is 1. The summed E-state index contributed by atoms with van der Waals surface area (Å²) in [7, 11) is 0. The molecule has 1 nitrogen and oxygen atoms in total. The van der Waals surface area contributed by atoms with E-state index in [-0.39, 0.29) is 0 Å². The van der Waals surface area contributed by atoms with E-state index in [1.54, 1.807) is 0 Å². The number of thiocyanates is 1. The first-order chi connectivity index (χ1) is 10.2. The van der Waals surface area contributed by atoms with Crippen LogP contribution < -0.4 is 0 Å². The fourth-order valence-corrected chi connectivity index (χ4v) is 4.57. The van der Waals surface area contributed by atoms with Gasteiger partial charge in [0, 0.05) is 24.4 Å². The maximum Gasteiger partial charge on any atom is 0.138 e. The van der Waals surface area contributed by atoms with Gasteiger partial charge in [0.05, 0.1) is 0 Å². The minimum Gasteiger partial charge on any atom is -0.185 e. The van der Waals surface area contributed by atoms with E-state index in [4.69, 9.17) is 5.26 Å². The van der Waals surface area contributed by atoms with Crippen LogP contribution in [0.25, 0.3) is 20.2 Å². The van der Waals surface area contributed by atoms with Gasteiger partial charge in [-0.3, -0.25) is 0 Å². The largest absolute Gasteiger partial charge is 0.185 e. The van der Waals surface area contributed by atoms with E-state index in [1.807, 2.05) is 28.7 Å². The van der Waals surface area contributed by atoms with E-state index >= 15 is 0 Å². The molecule has 21 heavy (non-hydrogen) atoms. The molecular formula is C17H13NS3. The Labute approximate surface area is 136 Å². The lowest BCUT2D eigenvalue weighted by molar-refractivity contribution is 1.31. The second kappa shape index (κ2) is 6.07. The van der Waals surface area contributed by atoms with Crippen molar-refractivity contribution in [3.8, 4) is 25.6 Å². The van der Waals surface area contributed by atoms with Gasteiger partial charge < -0.3 is 0 Å². The molecule has 3 aromatic rings. The smallest absolute Gasteiger partial charge is 0.138 e. The Balaban J connectivity index is 1.93. The Morgan fingerprint density at radius 3 is 2.29 bits per heavy atom. The SMILES string of the molecule is Cc1ccc(-c2ccc(-c3ccc(SC#N)c(C)c3)s2)s1. The van der Waals surface area contributed by atoms with Crippen LogP contribution in [0.2, 0.25) is 0 Å². The fraction of sp³-hybridized carbons (Fsp3) is 0.118. The third-order valence-electron chi connectivity index (χ3n) is 3.20. The molecule has 3 rings (SSSR count). The first kappa shape index (κ1) is 14.4. The first-order valence-corrected chi connectivity index (χ1v) is 8.96. The zero-order chi connectivity index (χ0) is 14.8. The molecule has 0 aliphatic carbocycles. The average Bonchev–Trinajstić information content (AvgIpc) is 3.10. The van der Waals surface area contributed by atoms with Gasteiger partial charge in [0.15, 0.2) is 0 Å².